The lowest BCUT2D eigenvalue weighted by atomic mass is 9.85. The molecule has 2 saturated heterocycles. The number of carbonyl (C=O) groups is 5. The number of carbonyl (C=O) groups excluding carboxylic acids is 5. The Hall–Kier alpha value is -7.26. The predicted molar refractivity (Wildman–Crippen MR) is 277 cm³/mol. The van der Waals surface area contributed by atoms with E-state index in [1.807, 2.05) is 64.1 Å². The van der Waals surface area contributed by atoms with Crippen molar-refractivity contribution in [2.45, 2.75) is 124 Å². The first-order chi connectivity index (χ1) is 35.4. The van der Waals surface area contributed by atoms with Gasteiger partial charge in [0.2, 0.25) is 17.7 Å². The summed E-state index contributed by atoms with van der Waals surface area (Å²) in [5.41, 5.74) is 6.83. The molecule has 9 rings (SSSR count). The number of amides is 4. The van der Waals surface area contributed by atoms with Gasteiger partial charge in [0.25, 0.3) is 11.5 Å². The predicted octanol–water partition coefficient (Wildman–Crippen LogP) is 4.59. The smallest absolute Gasteiger partial charge is 0.276 e. The molecule has 20 nitrogen and oxygen atoms in total. The van der Waals surface area contributed by atoms with E-state index in [0.717, 1.165) is 58.8 Å². The van der Waals surface area contributed by atoms with Gasteiger partial charge < -0.3 is 30.4 Å². The topological polar surface area (TPSA) is 244 Å². The molecule has 3 fully saturated rings. The van der Waals surface area contributed by atoms with Crippen molar-refractivity contribution in [3.8, 4) is 10.4 Å². The summed E-state index contributed by atoms with van der Waals surface area (Å²) < 4.78 is 3.15. The number of ketones is 1. The number of hydrogen-bond acceptors (Lipinski definition) is 15. The minimum absolute atomic E-state index is 0.00823. The molecule has 6 aromatic rings. The number of fused-ring (bicyclic) bond motifs is 1. The van der Waals surface area contributed by atoms with Gasteiger partial charge in [0.05, 0.1) is 58.8 Å². The summed E-state index contributed by atoms with van der Waals surface area (Å²) in [6.07, 6.45) is 8.27. The van der Waals surface area contributed by atoms with E-state index in [1.54, 1.807) is 45.6 Å². The van der Waals surface area contributed by atoms with E-state index in [2.05, 4.69) is 35.8 Å². The number of aryl methyl sites for hydroxylation is 3. The molecule has 0 spiro atoms. The highest BCUT2D eigenvalue weighted by molar-refractivity contribution is 7.13. The van der Waals surface area contributed by atoms with Crippen molar-refractivity contribution < 1.29 is 29.1 Å². The van der Waals surface area contributed by atoms with Gasteiger partial charge in [0.1, 0.15) is 23.6 Å². The molecule has 388 valence electrons. The number of hydrogen-bond donors (Lipinski definition) is 3. The number of piperazine rings is 1. The SMILES string of the molecule is CC(=O)c1c(C)c2cnc(Cc3ccc(N4CCN(C(=O)c5cn(CCC(=O)N[C@H](C(=O)N6C[C@H](O)C[C@H]6C(=O)NCc6ccc(-c7scnc7C)cc6)C(C)(C)C)nn5)CC4)cn3)nc2n(C2CCCC2)c1=O. The summed E-state index contributed by atoms with van der Waals surface area (Å²) in [4.78, 5) is 106. The number of rotatable bonds is 15. The molecule has 1 aromatic carbocycles. The first-order valence-corrected chi connectivity index (χ1v) is 26.2. The van der Waals surface area contributed by atoms with E-state index >= 15 is 0 Å². The number of thiazole rings is 1. The normalized spacial score (nSPS) is 17.7. The van der Waals surface area contributed by atoms with Crippen molar-refractivity contribution in [3.63, 3.8) is 0 Å². The van der Waals surface area contributed by atoms with Crippen LogP contribution in [0.15, 0.2) is 65.3 Å². The number of pyridine rings is 2. The maximum Gasteiger partial charge on any atom is 0.276 e. The molecule has 4 amide bonds. The van der Waals surface area contributed by atoms with Gasteiger partial charge in [-0.25, -0.2) is 15.0 Å². The number of aliphatic hydroxyl groups is 1. The van der Waals surface area contributed by atoms with E-state index in [4.69, 9.17) is 9.97 Å². The van der Waals surface area contributed by atoms with Crippen molar-refractivity contribution in [1.29, 1.82) is 0 Å². The molecule has 1 saturated carbocycles. The molecule has 1 aliphatic carbocycles. The lowest BCUT2D eigenvalue weighted by molar-refractivity contribution is -0.144. The Bertz CT molecular complexity index is 3130. The van der Waals surface area contributed by atoms with Gasteiger partial charge in [0, 0.05) is 75.4 Å². The Morgan fingerprint density at radius 3 is 2.34 bits per heavy atom. The number of nitrogens with zero attached hydrogens (tertiary/aromatic N) is 11. The van der Waals surface area contributed by atoms with Crippen LogP contribution in [-0.2, 0) is 33.9 Å². The van der Waals surface area contributed by atoms with Crippen LogP contribution < -0.4 is 21.1 Å². The van der Waals surface area contributed by atoms with Gasteiger partial charge >= 0.3 is 0 Å². The Morgan fingerprint density at radius 2 is 1.68 bits per heavy atom. The third-order valence-corrected chi connectivity index (χ3v) is 15.4. The number of aliphatic hydroxyl groups excluding tert-OH is 1. The second kappa shape index (κ2) is 21.7. The van der Waals surface area contributed by atoms with Crippen LogP contribution in [0.2, 0.25) is 0 Å². The monoisotopic (exact) mass is 1030 g/mol. The van der Waals surface area contributed by atoms with Crippen LogP contribution in [0.5, 0.6) is 0 Å². The third-order valence-electron chi connectivity index (χ3n) is 14.4. The second-order valence-corrected chi connectivity index (χ2v) is 21.6. The van der Waals surface area contributed by atoms with Gasteiger partial charge in [-0.1, -0.05) is 63.1 Å². The highest BCUT2D eigenvalue weighted by atomic mass is 32.1. The van der Waals surface area contributed by atoms with Crippen molar-refractivity contribution in [3.05, 3.63) is 110 Å². The van der Waals surface area contributed by atoms with Crippen LogP contribution in [0, 0.1) is 19.3 Å². The van der Waals surface area contributed by atoms with Crippen molar-refractivity contribution in [1.82, 2.24) is 59.9 Å². The lowest BCUT2D eigenvalue weighted by Gasteiger charge is -2.35. The Labute approximate surface area is 432 Å². The average Bonchev–Trinajstić information content (AvgIpc) is 4.23. The number of aromatic nitrogens is 8. The summed E-state index contributed by atoms with van der Waals surface area (Å²) in [5, 5.41) is 25.4. The van der Waals surface area contributed by atoms with Crippen molar-refractivity contribution >= 4 is 57.5 Å². The van der Waals surface area contributed by atoms with E-state index < -0.39 is 35.4 Å². The molecule has 7 heterocycles. The summed E-state index contributed by atoms with van der Waals surface area (Å²) in [5.74, 6) is -1.28. The largest absolute Gasteiger partial charge is 0.391 e. The van der Waals surface area contributed by atoms with E-state index in [1.165, 1.54) is 22.7 Å². The molecule has 0 bridgehead atoms. The Morgan fingerprint density at radius 1 is 0.932 bits per heavy atom. The maximum atomic E-state index is 14.2. The fraction of sp³-hybridized carbons (Fsp3) is 0.472. The summed E-state index contributed by atoms with van der Waals surface area (Å²) >= 11 is 1.56. The Kier molecular flexibility index (Phi) is 15.1. The Balaban J connectivity index is 0.751. The van der Waals surface area contributed by atoms with E-state index in [0.29, 0.717) is 55.0 Å². The number of likely N-dealkylation sites (tertiary alicyclic amines) is 1. The number of nitrogens with one attached hydrogen (secondary N) is 2. The molecule has 0 unspecified atom stereocenters. The fourth-order valence-electron chi connectivity index (χ4n) is 10.3. The molecule has 3 aliphatic rings. The molecule has 0 radical (unpaired) electrons. The van der Waals surface area contributed by atoms with Crippen LogP contribution in [-0.4, -0.2) is 135 Å². The summed E-state index contributed by atoms with van der Waals surface area (Å²) in [6.45, 7) is 13.0. The zero-order chi connectivity index (χ0) is 52.4. The van der Waals surface area contributed by atoms with E-state index in [-0.39, 0.29) is 72.9 Å². The fourth-order valence-corrected chi connectivity index (χ4v) is 11.1. The molecular weight excluding hydrogens is 963 g/mol. The van der Waals surface area contributed by atoms with Crippen LogP contribution in [0.3, 0.4) is 0 Å². The van der Waals surface area contributed by atoms with Crippen LogP contribution in [0.4, 0.5) is 5.69 Å². The van der Waals surface area contributed by atoms with Crippen LogP contribution in [0.25, 0.3) is 21.5 Å². The number of Topliss-reactive ketones (excluding diaryl/α,β-unsaturated/α-hetero) is 1. The molecule has 3 N–H and O–H groups in total. The van der Waals surface area contributed by atoms with Gasteiger partial charge in [0.15, 0.2) is 11.5 Å². The van der Waals surface area contributed by atoms with Crippen LogP contribution >= 0.6 is 11.3 Å². The van der Waals surface area contributed by atoms with Gasteiger partial charge in [-0.3, -0.25) is 43.0 Å². The number of benzene rings is 1. The molecule has 3 atom stereocenters. The first-order valence-electron chi connectivity index (χ1n) is 25.3. The minimum Gasteiger partial charge on any atom is -0.391 e. The first kappa shape index (κ1) is 51.6. The highest BCUT2D eigenvalue weighted by Crippen LogP contribution is 2.33. The van der Waals surface area contributed by atoms with Gasteiger partial charge in [-0.05, 0) is 67.9 Å². The minimum atomic E-state index is -0.998. The maximum absolute atomic E-state index is 14.2. The number of anilines is 1. The second-order valence-electron chi connectivity index (χ2n) is 20.7. The molecular formula is C53H63N13O7S. The summed E-state index contributed by atoms with van der Waals surface area (Å²) in [7, 11) is 0. The van der Waals surface area contributed by atoms with Crippen molar-refractivity contribution in [2.24, 2.45) is 5.41 Å². The molecule has 5 aromatic heterocycles. The third kappa shape index (κ3) is 11.1. The number of β-amino-alcohol motifs (C(OH)–C–C–N with tert-alkyl or cyclic N) is 1. The summed E-state index contributed by atoms with van der Waals surface area (Å²) in [6, 6.07) is 9.83. The highest BCUT2D eigenvalue weighted by Gasteiger charge is 2.44. The van der Waals surface area contributed by atoms with E-state index in [9.17, 15) is 33.9 Å². The standard InChI is InChI=1S/C53H63N13O7S/c1-31-40-27-55-43(58-48(40)66(37-9-7-8-10-37)51(72)45(31)33(3)67)23-36-15-16-38(26-54-36)62-19-21-63(22-20-62)50(71)41-29-64(61-60-41)18-17-44(69)59-47(53(4,5)6)52(73)65-28-39(68)24-42(65)49(70)56-25-34-11-13-35(14-12-34)46-32(2)57-30-74-46/h11-16,26-27,29-30,37,39,42,47,68H,7-10,17-25,28H2,1-6H3,(H,56,70)(H,59,69)/t39-,42+,47-/m1/s1. The zero-order valence-corrected chi connectivity index (χ0v) is 43.5. The van der Waals surface area contributed by atoms with Gasteiger partial charge in [-0.2, -0.15) is 0 Å². The quantitative estimate of drug-likeness (QED) is 0.119. The molecule has 21 heteroatoms. The lowest BCUT2D eigenvalue weighted by Crippen LogP contribution is -2.57. The molecule has 2 aliphatic heterocycles. The van der Waals surface area contributed by atoms with Gasteiger partial charge in [-0.15, -0.1) is 16.4 Å². The van der Waals surface area contributed by atoms with Crippen molar-refractivity contribution in [2.75, 3.05) is 37.6 Å². The zero-order valence-electron chi connectivity index (χ0n) is 42.7. The molecule has 74 heavy (non-hydrogen) atoms. The van der Waals surface area contributed by atoms with Crippen LogP contribution in [0.1, 0.15) is 121 Å². The average molecular weight is 1030 g/mol.